The molecular weight excluding hydrogens is 358 g/mol. The number of halogens is 1. The van der Waals surface area contributed by atoms with Gasteiger partial charge in [0.15, 0.2) is 0 Å². The molecule has 1 amide bonds. The molecule has 2 rings (SSSR count). The predicted octanol–water partition coefficient (Wildman–Crippen LogP) is 1.39. The van der Waals surface area contributed by atoms with Crippen LogP contribution in [0.1, 0.15) is 30.3 Å². The van der Waals surface area contributed by atoms with Crippen molar-refractivity contribution >= 4 is 31.9 Å². The second-order valence-corrected chi connectivity index (χ2v) is 7.91. The van der Waals surface area contributed by atoms with Crippen molar-refractivity contribution in [3.63, 3.8) is 0 Å². The molecule has 21 heavy (non-hydrogen) atoms. The fourth-order valence-electron chi connectivity index (χ4n) is 2.20. The number of pyridine rings is 1. The first-order chi connectivity index (χ1) is 9.91. The lowest BCUT2D eigenvalue weighted by Gasteiger charge is -2.32. The number of sulfonamides is 1. The largest absolute Gasteiger partial charge is 0.337 e. The SMILES string of the molecule is CCS(=O)(=O)NC1CCN(C(=O)c2ccc(Br)cn2)CC1. The number of rotatable bonds is 4. The van der Waals surface area contributed by atoms with E-state index >= 15 is 0 Å². The maximum absolute atomic E-state index is 12.3. The second kappa shape index (κ2) is 6.85. The normalized spacial score (nSPS) is 17.0. The van der Waals surface area contributed by atoms with Crippen LogP contribution in [0, 0.1) is 0 Å². The highest BCUT2D eigenvalue weighted by molar-refractivity contribution is 9.10. The lowest BCUT2D eigenvalue weighted by molar-refractivity contribution is 0.0705. The molecule has 1 aromatic rings. The van der Waals surface area contributed by atoms with Crippen LogP contribution in [0.25, 0.3) is 0 Å². The van der Waals surface area contributed by atoms with Gasteiger partial charge in [-0.25, -0.2) is 18.1 Å². The molecule has 0 bridgehead atoms. The highest BCUT2D eigenvalue weighted by Gasteiger charge is 2.26. The summed E-state index contributed by atoms with van der Waals surface area (Å²) in [5, 5.41) is 0. The molecule has 1 aliphatic heterocycles. The zero-order valence-corrected chi connectivity index (χ0v) is 14.2. The van der Waals surface area contributed by atoms with Crippen molar-refractivity contribution in [2.75, 3.05) is 18.8 Å². The number of carbonyl (C=O) groups excluding carboxylic acids is 1. The Balaban J connectivity index is 1.92. The molecule has 0 aliphatic carbocycles. The third-order valence-corrected chi connectivity index (χ3v) is 5.38. The van der Waals surface area contributed by atoms with Gasteiger partial charge in [-0.05, 0) is 47.8 Å². The number of aromatic nitrogens is 1. The van der Waals surface area contributed by atoms with Gasteiger partial charge in [-0.2, -0.15) is 0 Å². The molecule has 0 radical (unpaired) electrons. The average Bonchev–Trinajstić information content (AvgIpc) is 2.48. The number of hydrogen-bond donors (Lipinski definition) is 1. The van der Waals surface area contributed by atoms with Crippen molar-refractivity contribution in [3.05, 3.63) is 28.5 Å². The topological polar surface area (TPSA) is 79.4 Å². The molecule has 0 unspecified atom stereocenters. The van der Waals surface area contributed by atoms with Gasteiger partial charge >= 0.3 is 0 Å². The third kappa shape index (κ3) is 4.49. The van der Waals surface area contributed by atoms with Crippen LogP contribution in [0.2, 0.25) is 0 Å². The van der Waals surface area contributed by atoms with Gasteiger partial charge in [-0.3, -0.25) is 4.79 Å². The minimum Gasteiger partial charge on any atom is -0.337 e. The highest BCUT2D eigenvalue weighted by atomic mass is 79.9. The monoisotopic (exact) mass is 375 g/mol. The summed E-state index contributed by atoms with van der Waals surface area (Å²) >= 11 is 3.28. The average molecular weight is 376 g/mol. The van der Waals surface area contributed by atoms with Crippen molar-refractivity contribution in [1.82, 2.24) is 14.6 Å². The lowest BCUT2D eigenvalue weighted by Crippen LogP contribution is -2.46. The van der Waals surface area contributed by atoms with Crippen molar-refractivity contribution in [1.29, 1.82) is 0 Å². The zero-order chi connectivity index (χ0) is 15.5. The van der Waals surface area contributed by atoms with E-state index in [1.165, 1.54) is 0 Å². The van der Waals surface area contributed by atoms with E-state index in [0.717, 1.165) is 4.47 Å². The molecule has 1 saturated heterocycles. The standard InChI is InChI=1S/C13H18BrN3O3S/c1-2-21(19,20)16-11-5-7-17(8-6-11)13(18)12-4-3-10(14)9-15-12/h3-4,9,11,16H,2,5-8H2,1H3. The fraction of sp³-hybridized carbons (Fsp3) is 0.538. The maximum Gasteiger partial charge on any atom is 0.272 e. The maximum atomic E-state index is 12.3. The Morgan fingerprint density at radius 3 is 2.62 bits per heavy atom. The first-order valence-electron chi connectivity index (χ1n) is 6.82. The van der Waals surface area contributed by atoms with Crippen molar-refractivity contribution in [3.8, 4) is 0 Å². The Hall–Kier alpha value is -0.990. The molecule has 116 valence electrons. The molecule has 8 heteroatoms. The third-order valence-electron chi connectivity index (χ3n) is 3.45. The highest BCUT2D eigenvalue weighted by Crippen LogP contribution is 2.15. The van der Waals surface area contributed by atoms with Crippen LogP contribution in [-0.2, 0) is 10.0 Å². The van der Waals surface area contributed by atoms with Gasteiger partial charge in [0.05, 0.1) is 5.75 Å². The molecule has 1 aliphatic rings. The molecule has 0 spiro atoms. The second-order valence-electron chi connectivity index (χ2n) is 4.95. The predicted molar refractivity (Wildman–Crippen MR) is 83.5 cm³/mol. The van der Waals surface area contributed by atoms with Gasteiger partial charge in [-0.15, -0.1) is 0 Å². The van der Waals surface area contributed by atoms with E-state index < -0.39 is 10.0 Å². The summed E-state index contributed by atoms with van der Waals surface area (Å²) in [5.41, 5.74) is 0.408. The molecule has 6 nitrogen and oxygen atoms in total. The number of carbonyl (C=O) groups is 1. The Labute approximate surface area is 133 Å². The number of likely N-dealkylation sites (tertiary alicyclic amines) is 1. The number of amides is 1. The van der Waals surface area contributed by atoms with Crippen LogP contribution in [0.15, 0.2) is 22.8 Å². The summed E-state index contributed by atoms with van der Waals surface area (Å²) in [6.45, 7) is 2.68. The van der Waals surface area contributed by atoms with Crippen molar-refractivity contribution in [2.45, 2.75) is 25.8 Å². The summed E-state index contributed by atoms with van der Waals surface area (Å²) in [4.78, 5) is 18.1. The van der Waals surface area contributed by atoms with Crippen LogP contribution < -0.4 is 4.72 Å². The lowest BCUT2D eigenvalue weighted by atomic mass is 10.1. The van der Waals surface area contributed by atoms with Crippen molar-refractivity contribution in [2.24, 2.45) is 0 Å². The van der Waals surface area contributed by atoms with Gasteiger partial charge in [-0.1, -0.05) is 0 Å². The summed E-state index contributed by atoms with van der Waals surface area (Å²) < 4.78 is 26.6. The summed E-state index contributed by atoms with van der Waals surface area (Å²) in [7, 11) is -3.18. The summed E-state index contributed by atoms with van der Waals surface area (Å²) in [5.74, 6) is -0.0334. The molecule has 1 fully saturated rings. The minimum absolute atomic E-state index is 0.0783. The number of hydrogen-bond acceptors (Lipinski definition) is 4. The van der Waals surface area contributed by atoms with Crippen LogP contribution in [0.3, 0.4) is 0 Å². The number of nitrogens with zero attached hydrogens (tertiary/aromatic N) is 2. The van der Waals surface area contributed by atoms with Crippen LogP contribution in [0.4, 0.5) is 0 Å². The van der Waals surface area contributed by atoms with Gasteiger partial charge in [0.25, 0.3) is 5.91 Å². The Kier molecular flexibility index (Phi) is 5.34. The molecule has 1 aromatic heterocycles. The van der Waals surface area contributed by atoms with Gasteiger partial charge in [0.2, 0.25) is 10.0 Å². The van der Waals surface area contributed by atoms with E-state index in [4.69, 9.17) is 0 Å². The first-order valence-corrected chi connectivity index (χ1v) is 9.26. The molecule has 0 saturated carbocycles. The van der Waals surface area contributed by atoms with Gasteiger partial charge < -0.3 is 4.90 Å². The van der Waals surface area contributed by atoms with E-state index in [2.05, 4.69) is 25.6 Å². The van der Waals surface area contributed by atoms with E-state index in [-0.39, 0.29) is 17.7 Å². The number of nitrogens with one attached hydrogen (secondary N) is 1. The van der Waals surface area contributed by atoms with E-state index in [1.54, 1.807) is 30.2 Å². The fourth-order valence-corrected chi connectivity index (χ4v) is 3.35. The summed E-state index contributed by atoms with van der Waals surface area (Å²) in [6.07, 6.45) is 2.85. The number of piperidine rings is 1. The van der Waals surface area contributed by atoms with Crippen LogP contribution >= 0.6 is 15.9 Å². The van der Waals surface area contributed by atoms with Gasteiger partial charge in [0, 0.05) is 29.8 Å². The zero-order valence-electron chi connectivity index (χ0n) is 11.8. The smallest absolute Gasteiger partial charge is 0.272 e. The van der Waals surface area contributed by atoms with E-state index in [1.807, 2.05) is 0 Å². The Morgan fingerprint density at radius 2 is 2.10 bits per heavy atom. The Bertz CT molecular complexity index is 596. The van der Waals surface area contributed by atoms with Crippen LogP contribution in [0.5, 0.6) is 0 Å². The molecule has 0 aromatic carbocycles. The molecule has 0 atom stereocenters. The van der Waals surface area contributed by atoms with Gasteiger partial charge in [0.1, 0.15) is 5.69 Å². The first kappa shape index (κ1) is 16.4. The minimum atomic E-state index is -3.18. The van der Waals surface area contributed by atoms with Crippen molar-refractivity contribution < 1.29 is 13.2 Å². The molecule has 2 heterocycles. The quantitative estimate of drug-likeness (QED) is 0.861. The Morgan fingerprint density at radius 1 is 1.43 bits per heavy atom. The van der Waals surface area contributed by atoms with E-state index in [0.29, 0.717) is 31.6 Å². The van der Waals surface area contributed by atoms with Crippen LogP contribution in [-0.4, -0.2) is 49.1 Å². The molecular formula is C13H18BrN3O3S. The molecule has 1 N–H and O–H groups in total. The van der Waals surface area contributed by atoms with E-state index in [9.17, 15) is 13.2 Å². The summed E-state index contributed by atoms with van der Waals surface area (Å²) in [6, 6.07) is 3.37.